The molecule has 0 saturated carbocycles. The Morgan fingerprint density at radius 1 is 1.69 bits per heavy atom. The minimum absolute atomic E-state index is 0.0307. The average Bonchev–Trinajstić information content (AvgIpc) is 2.30. The lowest BCUT2D eigenvalue weighted by Gasteiger charge is -2.31. The highest BCUT2D eigenvalue weighted by Crippen LogP contribution is 2.18. The van der Waals surface area contributed by atoms with Gasteiger partial charge in [0, 0.05) is 19.3 Å². The molecule has 1 atom stereocenters. The molecule has 1 unspecified atom stereocenters. The van der Waals surface area contributed by atoms with Crippen molar-refractivity contribution in [3.8, 4) is 0 Å². The molecule has 1 aromatic heterocycles. The van der Waals surface area contributed by atoms with Crippen LogP contribution in [-0.2, 0) is 4.74 Å². The normalized spacial score (nSPS) is 22.2. The summed E-state index contributed by atoms with van der Waals surface area (Å²) in [4.78, 5) is 9.78. The molecule has 1 aromatic rings. The van der Waals surface area contributed by atoms with Crippen LogP contribution in [0.25, 0.3) is 0 Å². The number of rotatable bonds is 3. The highest BCUT2D eigenvalue weighted by Gasteiger charge is 2.22. The fraction of sp³-hybridized carbons (Fsp3) is 0.636. The molecular formula is C11H17N3OS. The van der Waals surface area contributed by atoms with E-state index >= 15 is 0 Å². The molecule has 0 aliphatic carbocycles. The number of hydrogen-bond acceptors (Lipinski definition) is 4. The van der Waals surface area contributed by atoms with E-state index in [1.165, 1.54) is 6.42 Å². The van der Waals surface area contributed by atoms with Gasteiger partial charge in [0.15, 0.2) is 0 Å². The second-order valence-electron chi connectivity index (χ2n) is 3.98. The standard InChI is InChI=1S/C11H17N3OS/c1-2-5-14-6-7-15-9(8-14)11-12-4-3-10(16)13-11/h3-4,9H,2,5-8H2,1H3,(H,12,13,16). The number of aromatic nitrogens is 2. The third-order valence-electron chi connectivity index (χ3n) is 2.69. The van der Waals surface area contributed by atoms with Crippen molar-refractivity contribution in [1.82, 2.24) is 14.9 Å². The largest absolute Gasteiger partial charge is 0.368 e. The zero-order valence-corrected chi connectivity index (χ0v) is 10.3. The van der Waals surface area contributed by atoms with Crippen LogP contribution in [0, 0.1) is 4.64 Å². The van der Waals surface area contributed by atoms with Crippen molar-refractivity contribution in [3.05, 3.63) is 22.7 Å². The van der Waals surface area contributed by atoms with Crippen LogP contribution >= 0.6 is 12.2 Å². The number of morpholine rings is 1. The van der Waals surface area contributed by atoms with E-state index in [4.69, 9.17) is 17.0 Å². The molecule has 1 fully saturated rings. The Balaban J connectivity index is 2.06. The fourth-order valence-corrected chi connectivity index (χ4v) is 2.10. The highest BCUT2D eigenvalue weighted by molar-refractivity contribution is 7.71. The zero-order valence-electron chi connectivity index (χ0n) is 9.48. The molecule has 1 aliphatic heterocycles. The van der Waals surface area contributed by atoms with E-state index in [-0.39, 0.29) is 6.10 Å². The van der Waals surface area contributed by atoms with Crippen LogP contribution in [0.4, 0.5) is 0 Å². The van der Waals surface area contributed by atoms with Crippen molar-refractivity contribution in [2.75, 3.05) is 26.2 Å². The molecule has 4 nitrogen and oxygen atoms in total. The van der Waals surface area contributed by atoms with E-state index < -0.39 is 0 Å². The van der Waals surface area contributed by atoms with Gasteiger partial charge < -0.3 is 9.72 Å². The minimum atomic E-state index is 0.0307. The summed E-state index contributed by atoms with van der Waals surface area (Å²) in [7, 11) is 0. The predicted molar refractivity (Wildman–Crippen MR) is 64.8 cm³/mol. The molecule has 0 bridgehead atoms. The van der Waals surface area contributed by atoms with Gasteiger partial charge in [0.1, 0.15) is 16.6 Å². The van der Waals surface area contributed by atoms with Gasteiger partial charge in [-0.3, -0.25) is 4.90 Å². The van der Waals surface area contributed by atoms with Crippen molar-refractivity contribution in [3.63, 3.8) is 0 Å². The van der Waals surface area contributed by atoms with Crippen LogP contribution in [-0.4, -0.2) is 41.1 Å². The summed E-state index contributed by atoms with van der Waals surface area (Å²) in [6.07, 6.45) is 2.93. The molecule has 5 heteroatoms. The second kappa shape index (κ2) is 5.52. The van der Waals surface area contributed by atoms with Crippen LogP contribution in [0.1, 0.15) is 25.3 Å². The first-order chi connectivity index (χ1) is 7.79. The summed E-state index contributed by atoms with van der Waals surface area (Å²) in [5.74, 6) is 0.841. The zero-order chi connectivity index (χ0) is 11.4. The molecule has 16 heavy (non-hydrogen) atoms. The molecule has 88 valence electrons. The highest BCUT2D eigenvalue weighted by atomic mass is 32.1. The monoisotopic (exact) mass is 239 g/mol. The van der Waals surface area contributed by atoms with Crippen LogP contribution in [0.15, 0.2) is 12.3 Å². The van der Waals surface area contributed by atoms with E-state index in [1.54, 1.807) is 12.3 Å². The van der Waals surface area contributed by atoms with E-state index in [0.717, 1.165) is 32.1 Å². The van der Waals surface area contributed by atoms with Crippen molar-refractivity contribution >= 4 is 12.2 Å². The van der Waals surface area contributed by atoms with E-state index in [1.807, 2.05) is 0 Å². The molecule has 1 N–H and O–H groups in total. The van der Waals surface area contributed by atoms with Crippen LogP contribution in [0.2, 0.25) is 0 Å². The lowest BCUT2D eigenvalue weighted by Crippen LogP contribution is -2.39. The molecular weight excluding hydrogens is 222 g/mol. The van der Waals surface area contributed by atoms with Gasteiger partial charge in [-0.15, -0.1) is 0 Å². The van der Waals surface area contributed by atoms with Crippen molar-refractivity contribution in [2.45, 2.75) is 19.4 Å². The molecule has 0 aromatic carbocycles. The topological polar surface area (TPSA) is 41.1 Å². The number of nitrogens with zero attached hydrogens (tertiary/aromatic N) is 2. The molecule has 0 amide bonds. The smallest absolute Gasteiger partial charge is 0.137 e. The molecule has 1 saturated heterocycles. The summed E-state index contributed by atoms with van der Waals surface area (Å²) >= 11 is 5.08. The number of ether oxygens (including phenoxy) is 1. The van der Waals surface area contributed by atoms with E-state index in [2.05, 4.69) is 21.8 Å². The summed E-state index contributed by atoms with van der Waals surface area (Å²) < 4.78 is 6.42. The Labute approximate surface area is 101 Å². The molecule has 2 heterocycles. The first-order valence-corrected chi connectivity index (χ1v) is 6.09. The van der Waals surface area contributed by atoms with Crippen molar-refractivity contribution < 1.29 is 4.74 Å². The minimum Gasteiger partial charge on any atom is -0.368 e. The Hall–Kier alpha value is -0.780. The molecule has 0 radical (unpaired) electrons. The SMILES string of the molecule is CCCN1CCOC(c2nccc(=S)[nH]2)C1. The lowest BCUT2D eigenvalue weighted by atomic mass is 10.2. The lowest BCUT2D eigenvalue weighted by molar-refractivity contribution is -0.0342. The van der Waals surface area contributed by atoms with Gasteiger partial charge in [-0.2, -0.15) is 0 Å². The molecule has 0 spiro atoms. The maximum Gasteiger partial charge on any atom is 0.137 e. The molecule has 2 rings (SSSR count). The number of hydrogen-bond donors (Lipinski definition) is 1. The first kappa shape index (κ1) is 11.7. The van der Waals surface area contributed by atoms with Gasteiger partial charge in [0.05, 0.1) is 6.61 Å². The van der Waals surface area contributed by atoms with Gasteiger partial charge in [0.2, 0.25) is 0 Å². The van der Waals surface area contributed by atoms with Crippen molar-refractivity contribution in [1.29, 1.82) is 0 Å². The Bertz CT molecular complexity index is 391. The number of nitrogens with one attached hydrogen (secondary N) is 1. The van der Waals surface area contributed by atoms with Crippen LogP contribution < -0.4 is 0 Å². The van der Waals surface area contributed by atoms with Crippen molar-refractivity contribution in [2.24, 2.45) is 0 Å². The van der Waals surface area contributed by atoms with E-state index in [0.29, 0.717) is 4.64 Å². The predicted octanol–water partition coefficient (Wildman–Crippen LogP) is 1.92. The summed E-state index contributed by atoms with van der Waals surface area (Å²) in [5, 5.41) is 0. The third kappa shape index (κ3) is 2.87. The van der Waals surface area contributed by atoms with Crippen LogP contribution in [0.5, 0.6) is 0 Å². The maximum atomic E-state index is 5.71. The Morgan fingerprint density at radius 2 is 2.56 bits per heavy atom. The third-order valence-corrected chi connectivity index (χ3v) is 2.92. The van der Waals surface area contributed by atoms with Crippen LogP contribution in [0.3, 0.4) is 0 Å². The maximum absolute atomic E-state index is 5.71. The summed E-state index contributed by atoms with van der Waals surface area (Å²) in [6.45, 7) is 5.99. The second-order valence-corrected chi connectivity index (χ2v) is 4.42. The summed E-state index contributed by atoms with van der Waals surface area (Å²) in [5.41, 5.74) is 0. The average molecular weight is 239 g/mol. The van der Waals surface area contributed by atoms with E-state index in [9.17, 15) is 0 Å². The van der Waals surface area contributed by atoms with Gasteiger partial charge in [-0.25, -0.2) is 4.98 Å². The quantitative estimate of drug-likeness (QED) is 0.818. The van der Waals surface area contributed by atoms with Gasteiger partial charge >= 0.3 is 0 Å². The number of H-pyrrole nitrogens is 1. The first-order valence-electron chi connectivity index (χ1n) is 5.69. The Kier molecular flexibility index (Phi) is 4.04. The fourth-order valence-electron chi connectivity index (χ4n) is 1.94. The van der Waals surface area contributed by atoms with Gasteiger partial charge in [0.25, 0.3) is 0 Å². The Morgan fingerprint density at radius 3 is 3.31 bits per heavy atom. The summed E-state index contributed by atoms with van der Waals surface area (Å²) in [6, 6.07) is 1.78. The molecule has 1 aliphatic rings. The number of aromatic amines is 1. The van der Waals surface area contributed by atoms with Gasteiger partial charge in [-0.05, 0) is 19.0 Å². The van der Waals surface area contributed by atoms with Gasteiger partial charge in [-0.1, -0.05) is 19.1 Å².